The fraction of sp³-hybridized carbons (Fsp3) is 0.600. The second kappa shape index (κ2) is 14.9. The number of carboxylic acid groups (broad SMARTS) is 2. The van der Waals surface area contributed by atoms with Crippen molar-refractivity contribution in [3.05, 3.63) is 0 Å². The summed E-state index contributed by atoms with van der Waals surface area (Å²) in [6.45, 7) is -1.83. The molecule has 0 aliphatic heterocycles. The van der Waals surface area contributed by atoms with Gasteiger partial charge in [0.15, 0.2) is 0 Å². The van der Waals surface area contributed by atoms with Crippen molar-refractivity contribution in [1.29, 1.82) is 0 Å². The standard InChI is InChI=1S/C5H10NO7P.3K/c7-4(8)1-6(2-5(9)10)3-14(11,12)13;;;/h1-3H2,(H,7,8)(H,9,10)(H2,11,12,13);;;/q;3*+1/p-3. The molecule has 1 unspecified atom stereocenters. The maximum Gasteiger partial charge on any atom is 1.00 e. The van der Waals surface area contributed by atoms with E-state index >= 15 is 0 Å². The molecule has 0 aliphatic carbocycles. The molecule has 82 valence electrons. The maximum absolute atomic E-state index is 10.3. The molecule has 1 N–H and O–H groups in total. The second-order valence-corrected chi connectivity index (χ2v) is 4.07. The van der Waals surface area contributed by atoms with Crippen LogP contribution in [0.25, 0.3) is 0 Å². The molecule has 8 nitrogen and oxygen atoms in total. The van der Waals surface area contributed by atoms with Crippen molar-refractivity contribution < 1.29 is 188 Å². The Morgan fingerprint density at radius 1 is 1.06 bits per heavy atom. The van der Waals surface area contributed by atoms with Gasteiger partial charge in [0.1, 0.15) is 7.60 Å². The summed E-state index contributed by atoms with van der Waals surface area (Å²) >= 11 is 0. The van der Waals surface area contributed by atoms with E-state index in [0.29, 0.717) is 4.90 Å². The Balaban J connectivity index is -0.000000282. The number of carbonyl (C=O) groups excluding carboxylic acids is 2. The van der Waals surface area contributed by atoms with Gasteiger partial charge in [-0.3, -0.25) is 4.90 Å². The van der Waals surface area contributed by atoms with Crippen LogP contribution in [0, 0.1) is 0 Å². The van der Waals surface area contributed by atoms with Crippen molar-refractivity contribution in [2.24, 2.45) is 0 Å². The molecule has 0 saturated carbocycles. The van der Waals surface area contributed by atoms with E-state index in [-0.39, 0.29) is 154 Å². The molecule has 0 aromatic carbocycles. The second-order valence-electron chi connectivity index (χ2n) is 2.51. The fourth-order valence-corrected chi connectivity index (χ4v) is 1.48. The van der Waals surface area contributed by atoms with Gasteiger partial charge in [-0.2, -0.15) is 0 Å². The molecule has 0 saturated heterocycles. The Morgan fingerprint density at radius 3 is 1.53 bits per heavy atom. The molecule has 0 aromatic heterocycles. The Hall–Kier alpha value is 3.96. The van der Waals surface area contributed by atoms with E-state index in [1.807, 2.05) is 0 Å². The first-order valence-corrected chi connectivity index (χ1v) is 5.12. The number of hydrogen-bond acceptors (Lipinski definition) is 7. The van der Waals surface area contributed by atoms with Crippen LogP contribution in [0.4, 0.5) is 0 Å². The van der Waals surface area contributed by atoms with Crippen molar-refractivity contribution >= 4 is 19.5 Å². The van der Waals surface area contributed by atoms with Crippen LogP contribution in [0.3, 0.4) is 0 Å². The van der Waals surface area contributed by atoms with E-state index in [2.05, 4.69) is 0 Å². The molecular formula is C5H7K3NO7P. The Labute approximate surface area is 226 Å². The largest absolute Gasteiger partial charge is 1.00 e. The molecule has 12 heteroatoms. The van der Waals surface area contributed by atoms with Crippen molar-refractivity contribution in [2.45, 2.75) is 0 Å². The van der Waals surface area contributed by atoms with Crippen LogP contribution in [-0.4, -0.2) is 41.1 Å². The van der Waals surface area contributed by atoms with Gasteiger partial charge in [-0.1, -0.05) is 0 Å². The minimum absolute atomic E-state index is 0. The number of nitrogens with zero attached hydrogens (tertiary/aromatic N) is 1. The zero-order chi connectivity index (χ0) is 11.4. The molecule has 0 radical (unpaired) electrons. The van der Waals surface area contributed by atoms with Crippen LogP contribution in [-0.2, 0) is 14.2 Å². The summed E-state index contributed by atoms with van der Waals surface area (Å²) < 4.78 is 10.3. The first kappa shape index (κ1) is 29.0. The van der Waals surface area contributed by atoms with Crippen molar-refractivity contribution in [1.82, 2.24) is 4.90 Å². The third kappa shape index (κ3) is 22.4. The predicted molar refractivity (Wildman–Crippen MR) is 36.3 cm³/mol. The fourth-order valence-electron chi connectivity index (χ4n) is 0.774. The number of hydrogen-bond donors (Lipinski definition) is 1. The molecule has 0 rings (SSSR count). The molecular weight excluding hydrogens is 334 g/mol. The summed E-state index contributed by atoms with van der Waals surface area (Å²) in [7, 11) is -4.74. The van der Waals surface area contributed by atoms with Gasteiger partial charge in [0.05, 0.1) is 18.2 Å². The number of carbonyl (C=O) groups is 2. The van der Waals surface area contributed by atoms with Gasteiger partial charge in [0.25, 0.3) is 0 Å². The molecule has 0 bridgehead atoms. The van der Waals surface area contributed by atoms with Crippen molar-refractivity contribution in [3.63, 3.8) is 0 Å². The van der Waals surface area contributed by atoms with Crippen LogP contribution in [0.2, 0.25) is 0 Å². The van der Waals surface area contributed by atoms with Gasteiger partial charge in [0.2, 0.25) is 0 Å². The monoisotopic (exact) mass is 341 g/mol. The van der Waals surface area contributed by atoms with Gasteiger partial charge < -0.3 is 34.2 Å². The van der Waals surface area contributed by atoms with Gasteiger partial charge in [-0.15, -0.1) is 0 Å². The van der Waals surface area contributed by atoms with Crippen LogP contribution in [0.15, 0.2) is 0 Å². The minimum Gasteiger partial charge on any atom is -0.778 e. The number of rotatable bonds is 6. The molecule has 0 amide bonds. The SMILES string of the molecule is O=C([O-])CN(CC(=O)[O-])CP(=O)([O-])O.[K+].[K+].[K+]. The smallest absolute Gasteiger partial charge is 0.778 e. The molecule has 1 atom stereocenters. The number of aliphatic carboxylic acids is 2. The summed E-state index contributed by atoms with van der Waals surface area (Å²) in [5, 5.41) is 20.1. The summed E-state index contributed by atoms with van der Waals surface area (Å²) in [4.78, 5) is 39.2. The van der Waals surface area contributed by atoms with E-state index < -0.39 is 38.9 Å². The van der Waals surface area contributed by atoms with Crippen molar-refractivity contribution in [3.8, 4) is 0 Å². The third-order valence-corrected chi connectivity index (χ3v) is 1.84. The average Bonchev–Trinajstić information content (AvgIpc) is 1.77. The van der Waals surface area contributed by atoms with E-state index in [9.17, 15) is 29.3 Å². The molecule has 0 aliphatic rings. The predicted octanol–water partition coefficient (Wildman–Crippen LogP) is -13.7. The van der Waals surface area contributed by atoms with Crippen LogP contribution in [0.1, 0.15) is 0 Å². The van der Waals surface area contributed by atoms with E-state index in [1.54, 1.807) is 0 Å². The molecule has 0 aromatic rings. The molecule has 0 fully saturated rings. The Bertz CT molecular complexity index is 267. The molecule has 17 heavy (non-hydrogen) atoms. The van der Waals surface area contributed by atoms with E-state index in [4.69, 9.17) is 4.89 Å². The third-order valence-electron chi connectivity index (χ3n) is 1.08. The summed E-state index contributed by atoms with van der Waals surface area (Å²) in [5.41, 5.74) is 0. The zero-order valence-corrected chi connectivity index (χ0v) is 20.2. The first-order chi connectivity index (χ1) is 6.20. The van der Waals surface area contributed by atoms with E-state index in [0.717, 1.165) is 0 Å². The summed E-state index contributed by atoms with van der Waals surface area (Å²) in [6, 6.07) is 0. The summed E-state index contributed by atoms with van der Waals surface area (Å²) in [5.74, 6) is -3.31. The van der Waals surface area contributed by atoms with Gasteiger partial charge >= 0.3 is 154 Å². The minimum atomic E-state index is -4.74. The summed E-state index contributed by atoms with van der Waals surface area (Å²) in [6.07, 6.45) is -1.07. The van der Waals surface area contributed by atoms with Crippen LogP contribution >= 0.6 is 7.60 Å². The van der Waals surface area contributed by atoms with E-state index in [1.165, 1.54) is 0 Å². The molecule has 0 heterocycles. The topological polar surface area (TPSA) is 144 Å². The Morgan fingerprint density at radius 2 is 1.35 bits per heavy atom. The van der Waals surface area contributed by atoms with Gasteiger partial charge in [-0.05, 0) is 0 Å². The first-order valence-electron chi connectivity index (χ1n) is 3.35. The molecule has 0 spiro atoms. The van der Waals surface area contributed by atoms with Gasteiger partial charge in [0, 0.05) is 13.1 Å². The quantitative estimate of drug-likeness (QED) is 0.370. The normalized spacial score (nSPS) is 12.4. The average molecular weight is 341 g/mol. The zero-order valence-electron chi connectivity index (χ0n) is 9.91. The Kier molecular flexibility index (Phi) is 25.4. The van der Waals surface area contributed by atoms with Gasteiger partial charge in [-0.25, -0.2) is 0 Å². The number of carboxylic acids is 2. The van der Waals surface area contributed by atoms with Crippen LogP contribution < -0.4 is 169 Å². The maximum atomic E-state index is 10.3. The van der Waals surface area contributed by atoms with Crippen molar-refractivity contribution in [2.75, 3.05) is 19.4 Å². The van der Waals surface area contributed by atoms with Crippen LogP contribution in [0.5, 0.6) is 0 Å².